The third-order valence-corrected chi connectivity index (χ3v) is 5.49. The predicted molar refractivity (Wildman–Crippen MR) is 113 cm³/mol. The molecule has 160 valence electrons. The van der Waals surface area contributed by atoms with E-state index in [1.807, 2.05) is 34.9 Å². The molecule has 31 heavy (non-hydrogen) atoms. The average Bonchev–Trinajstić information content (AvgIpc) is 3.28. The summed E-state index contributed by atoms with van der Waals surface area (Å²) >= 11 is 0. The van der Waals surface area contributed by atoms with Gasteiger partial charge in [0, 0.05) is 18.8 Å². The fraction of sp³-hybridized carbons (Fsp3) is 0.304. The second kappa shape index (κ2) is 9.51. The molecule has 2 aromatic carbocycles. The quantitative estimate of drug-likeness (QED) is 0.663. The molecule has 3 aromatic rings. The first-order chi connectivity index (χ1) is 15.1. The fourth-order valence-electron chi connectivity index (χ4n) is 3.80. The van der Waals surface area contributed by atoms with E-state index >= 15 is 0 Å². The van der Waals surface area contributed by atoms with E-state index in [9.17, 15) is 14.0 Å². The standard InChI is InChI=1S/C23H24FN5O2/c24-19-10-8-17(9-11-19)13-22(30)28-12-4-5-18(15-28)23(31)25-14-21-27-26-16-29(21)20-6-2-1-3-7-20/h1-3,6-11,16,18H,4-5,12-15H2,(H,25,31)/t18-/m1/s1. The highest BCUT2D eigenvalue weighted by molar-refractivity contribution is 5.82. The van der Waals surface area contributed by atoms with Crippen LogP contribution in [0.1, 0.15) is 24.2 Å². The number of piperidine rings is 1. The van der Waals surface area contributed by atoms with Crippen LogP contribution in [0.3, 0.4) is 0 Å². The van der Waals surface area contributed by atoms with Crippen molar-refractivity contribution in [1.82, 2.24) is 25.0 Å². The molecule has 0 bridgehead atoms. The second-order valence-electron chi connectivity index (χ2n) is 7.65. The van der Waals surface area contributed by atoms with Crippen LogP contribution < -0.4 is 5.32 Å². The number of carbonyl (C=O) groups excluding carboxylic acids is 2. The summed E-state index contributed by atoms with van der Waals surface area (Å²) in [5, 5.41) is 11.0. The van der Waals surface area contributed by atoms with Crippen molar-refractivity contribution in [3.05, 3.63) is 78.1 Å². The van der Waals surface area contributed by atoms with Crippen molar-refractivity contribution in [1.29, 1.82) is 0 Å². The second-order valence-corrected chi connectivity index (χ2v) is 7.65. The number of amides is 2. The number of likely N-dealkylation sites (tertiary alicyclic amines) is 1. The molecule has 7 nitrogen and oxygen atoms in total. The van der Waals surface area contributed by atoms with Crippen LogP contribution in [-0.2, 0) is 22.6 Å². The Labute approximate surface area is 179 Å². The highest BCUT2D eigenvalue weighted by Crippen LogP contribution is 2.18. The Hall–Kier alpha value is -3.55. The van der Waals surface area contributed by atoms with E-state index in [1.54, 1.807) is 23.4 Å². The SMILES string of the molecule is O=C(NCc1nncn1-c1ccccc1)[C@@H]1CCCN(C(=O)Cc2ccc(F)cc2)C1. The zero-order valence-electron chi connectivity index (χ0n) is 17.1. The van der Waals surface area contributed by atoms with Crippen LogP contribution in [0.5, 0.6) is 0 Å². The van der Waals surface area contributed by atoms with E-state index in [4.69, 9.17) is 0 Å². The summed E-state index contributed by atoms with van der Waals surface area (Å²) in [5.74, 6) is -0.0950. The molecule has 8 heteroatoms. The number of para-hydroxylation sites is 1. The summed E-state index contributed by atoms with van der Waals surface area (Å²) in [5.41, 5.74) is 1.69. The molecule has 1 aliphatic rings. The van der Waals surface area contributed by atoms with E-state index < -0.39 is 0 Å². The lowest BCUT2D eigenvalue weighted by atomic mass is 9.96. The lowest BCUT2D eigenvalue weighted by molar-refractivity contribution is -0.135. The summed E-state index contributed by atoms with van der Waals surface area (Å²) in [4.78, 5) is 27.1. The van der Waals surface area contributed by atoms with Crippen molar-refractivity contribution in [3.63, 3.8) is 0 Å². The van der Waals surface area contributed by atoms with Gasteiger partial charge in [-0.2, -0.15) is 0 Å². The molecule has 1 N–H and O–H groups in total. The number of nitrogens with one attached hydrogen (secondary N) is 1. The van der Waals surface area contributed by atoms with E-state index in [2.05, 4.69) is 15.5 Å². The van der Waals surface area contributed by atoms with Gasteiger partial charge in [0.1, 0.15) is 12.1 Å². The fourth-order valence-corrected chi connectivity index (χ4v) is 3.80. The number of halogens is 1. The normalized spacial score (nSPS) is 16.2. The molecule has 2 heterocycles. The number of aromatic nitrogens is 3. The Kier molecular flexibility index (Phi) is 6.35. The number of rotatable bonds is 6. The molecule has 1 fully saturated rings. The molecule has 1 aliphatic heterocycles. The van der Waals surface area contributed by atoms with Gasteiger partial charge >= 0.3 is 0 Å². The number of hydrogen-bond donors (Lipinski definition) is 1. The first-order valence-electron chi connectivity index (χ1n) is 10.3. The first-order valence-corrected chi connectivity index (χ1v) is 10.3. The van der Waals surface area contributed by atoms with Gasteiger partial charge in [0.2, 0.25) is 11.8 Å². The topological polar surface area (TPSA) is 80.1 Å². The van der Waals surface area contributed by atoms with Gasteiger partial charge in [-0.15, -0.1) is 10.2 Å². The van der Waals surface area contributed by atoms with Crippen LogP contribution in [-0.4, -0.2) is 44.6 Å². The smallest absolute Gasteiger partial charge is 0.227 e. The predicted octanol–water partition coefficient (Wildman–Crippen LogP) is 2.50. The van der Waals surface area contributed by atoms with Gasteiger partial charge in [0.05, 0.1) is 18.9 Å². The van der Waals surface area contributed by atoms with Crippen LogP contribution in [0.4, 0.5) is 4.39 Å². The molecule has 0 radical (unpaired) electrons. The van der Waals surface area contributed by atoms with Gasteiger partial charge in [-0.25, -0.2) is 4.39 Å². The Morgan fingerprint density at radius 3 is 2.65 bits per heavy atom. The monoisotopic (exact) mass is 421 g/mol. The maximum Gasteiger partial charge on any atom is 0.227 e. The van der Waals surface area contributed by atoms with Crippen molar-refractivity contribution in [3.8, 4) is 5.69 Å². The number of hydrogen-bond acceptors (Lipinski definition) is 4. The van der Waals surface area contributed by atoms with Gasteiger partial charge in [0.15, 0.2) is 5.82 Å². The van der Waals surface area contributed by atoms with E-state index in [0.29, 0.717) is 18.9 Å². The van der Waals surface area contributed by atoms with Crippen molar-refractivity contribution in [2.75, 3.05) is 13.1 Å². The lowest BCUT2D eigenvalue weighted by Gasteiger charge is -2.32. The Bertz CT molecular complexity index is 1040. The largest absolute Gasteiger partial charge is 0.348 e. The summed E-state index contributed by atoms with van der Waals surface area (Å²) in [6, 6.07) is 15.6. The van der Waals surface area contributed by atoms with Gasteiger partial charge in [-0.05, 0) is 42.7 Å². The van der Waals surface area contributed by atoms with Crippen molar-refractivity contribution < 1.29 is 14.0 Å². The summed E-state index contributed by atoms with van der Waals surface area (Å²) in [6.45, 7) is 1.27. The van der Waals surface area contributed by atoms with Crippen LogP contribution >= 0.6 is 0 Å². The molecule has 4 rings (SSSR count). The van der Waals surface area contributed by atoms with Gasteiger partial charge < -0.3 is 10.2 Å². The Morgan fingerprint density at radius 1 is 1.10 bits per heavy atom. The van der Waals surface area contributed by atoms with Crippen LogP contribution in [0.2, 0.25) is 0 Å². The maximum absolute atomic E-state index is 13.1. The van der Waals surface area contributed by atoms with E-state index in [-0.39, 0.29) is 36.5 Å². The molecular weight excluding hydrogens is 397 g/mol. The number of nitrogens with zero attached hydrogens (tertiary/aromatic N) is 4. The third-order valence-electron chi connectivity index (χ3n) is 5.49. The van der Waals surface area contributed by atoms with Crippen LogP contribution in [0.15, 0.2) is 60.9 Å². The zero-order chi connectivity index (χ0) is 21.6. The van der Waals surface area contributed by atoms with E-state index in [0.717, 1.165) is 24.1 Å². The molecule has 0 spiro atoms. The van der Waals surface area contributed by atoms with Crippen molar-refractivity contribution >= 4 is 11.8 Å². The van der Waals surface area contributed by atoms with Crippen molar-refractivity contribution in [2.24, 2.45) is 5.92 Å². The van der Waals surface area contributed by atoms with Gasteiger partial charge in [0.25, 0.3) is 0 Å². The van der Waals surface area contributed by atoms with Crippen molar-refractivity contribution in [2.45, 2.75) is 25.8 Å². The molecule has 0 saturated carbocycles. The molecule has 2 amide bonds. The van der Waals surface area contributed by atoms with Crippen LogP contribution in [0.25, 0.3) is 5.69 Å². The molecule has 1 aromatic heterocycles. The maximum atomic E-state index is 13.1. The molecule has 0 unspecified atom stereocenters. The molecule has 1 saturated heterocycles. The minimum absolute atomic E-state index is 0.0482. The number of benzene rings is 2. The highest BCUT2D eigenvalue weighted by Gasteiger charge is 2.28. The number of carbonyl (C=O) groups is 2. The first kappa shape index (κ1) is 20.7. The van der Waals surface area contributed by atoms with Crippen LogP contribution in [0, 0.1) is 11.7 Å². The zero-order valence-corrected chi connectivity index (χ0v) is 17.1. The van der Waals surface area contributed by atoms with Gasteiger partial charge in [-0.3, -0.25) is 14.2 Å². The molecular formula is C23H24FN5O2. The molecule has 1 atom stereocenters. The summed E-state index contributed by atoms with van der Waals surface area (Å²) < 4.78 is 14.9. The minimum atomic E-state index is -0.325. The van der Waals surface area contributed by atoms with Gasteiger partial charge in [-0.1, -0.05) is 30.3 Å². The summed E-state index contributed by atoms with van der Waals surface area (Å²) in [7, 11) is 0. The average molecular weight is 421 g/mol. The lowest BCUT2D eigenvalue weighted by Crippen LogP contribution is -2.45. The third kappa shape index (κ3) is 5.14. The Morgan fingerprint density at radius 2 is 1.87 bits per heavy atom. The Balaban J connectivity index is 1.33. The molecule has 0 aliphatic carbocycles. The summed E-state index contributed by atoms with van der Waals surface area (Å²) in [6.07, 6.45) is 3.33. The minimum Gasteiger partial charge on any atom is -0.348 e. The highest BCUT2D eigenvalue weighted by atomic mass is 19.1. The van der Waals surface area contributed by atoms with E-state index in [1.165, 1.54) is 12.1 Å².